The van der Waals surface area contributed by atoms with Gasteiger partial charge in [0.1, 0.15) is 5.69 Å². The second-order valence-corrected chi connectivity index (χ2v) is 4.25. The first kappa shape index (κ1) is 12.6. The summed E-state index contributed by atoms with van der Waals surface area (Å²) in [5.74, 6) is -1.72. The highest BCUT2D eigenvalue weighted by molar-refractivity contribution is 9.10. The summed E-state index contributed by atoms with van der Waals surface area (Å²) >= 11 is 3.11. The van der Waals surface area contributed by atoms with Gasteiger partial charge in [-0.1, -0.05) is 0 Å². The van der Waals surface area contributed by atoms with E-state index in [1.807, 2.05) is 0 Å². The quantitative estimate of drug-likeness (QED) is 0.660. The normalized spacial score (nSPS) is 10.6. The highest BCUT2D eigenvalue weighted by Gasteiger charge is 2.15. The lowest BCUT2D eigenvalue weighted by Crippen LogP contribution is -2.15. The first-order valence-electron chi connectivity index (χ1n) is 4.75. The van der Waals surface area contributed by atoms with Gasteiger partial charge in [-0.2, -0.15) is 0 Å². The molecule has 0 fully saturated rings. The molecule has 0 spiro atoms. The van der Waals surface area contributed by atoms with Gasteiger partial charge in [-0.25, -0.2) is 13.8 Å². The van der Waals surface area contributed by atoms with Crippen LogP contribution in [0, 0.1) is 16.6 Å². The Hall–Kier alpha value is -1.83. The average Bonchev–Trinajstić information content (AvgIpc) is 2.72. The van der Waals surface area contributed by atoms with Crippen LogP contribution in [0.2, 0.25) is 0 Å². The number of alkyl halides is 1. The van der Waals surface area contributed by atoms with Crippen LogP contribution in [0.1, 0.15) is 5.69 Å². The molecule has 94 valence electrons. The van der Waals surface area contributed by atoms with Gasteiger partial charge in [0.2, 0.25) is 11.8 Å². The van der Waals surface area contributed by atoms with E-state index in [2.05, 4.69) is 25.7 Å². The van der Waals surface area contributed by atoms with E-state index in [0.29, 0.717) is 4.47 Å². The van der Waals surface area contributed by atoms with Gasteiger partial charge in [0, 0.05) is 10.7 Å². The number of aromatic nitrogens is 2. The van der Waals surface area contributed by atoms with Crippen molar-refractivity contribution in [2.45, 2.75) is 0 Å². The predicted octanol–water partition coefficient (Wildman–Crippen LogP) is 2.52. The SMILES string of the molecule is N=C(CF)OC(=N)c1cnc2c(F)cc(Br)cn12. The summed E-state index contributed by atoms with van der Waals surface area (Å²) in [4.78, 5) is 3.80. The molecule has 0 aromatic carbocycles. The van der Waals surface area contributed by atoms with Gasteiger partial charge in [0.05, 0.1) is 6.20 Å². The molecule has 0 aliphatic heterocycles. The standard InChI is InChI=1S/C10H7BrF2N4O/c11-5-1-6(13)10-16-3-7(17(10)4-5)9(15)18-8(14)2-12/h1,3-4,14-15H,2H2. The molecule has 0 saturated heterocycles. The molecule has 0 atom stereocenters. The highest BCUT2D eigenvalue weighted by atomic mass is 79.9. The molecule has 2 aromatic rings. The van der Waals surface area contributed by atoms with Crippen LogP contribution in [0.5, 0.6) is 0 Å². The summed E-state index contributed by atoms with van der Waals surface area (Å²) in [6.45, 7) is -1.11. The molecule has 0 radical (unpaired) electrons. The lowest BCUT2D eigenvalue weighted by molar-refractivity contribution is 0.462. The van der Waals surface area contributed by atoms with Crippen molar-refractivity contribution >= 4 is 33.4 Å². The van der Waals surface area contributed by atoms with Gasteiger partial charge in [-0.3, -0.25) is 15.2 Å². The van der Waals surface area contributed by atoms with E-state index in [1.165, 1.54) is 22.9 Å². The number of ether oxygens (including phenoxy) is 1. The zero-order valence-electron chi connectivity index (χ0n) is 8.88. The number of halogens is 3. The van der Waals surface area contributed by atoms with Crippen molar-refractivity contribution in [3.05, 3.63) is 34.4 Å². The minimum Gasteiger partial charge on any atom is -0.421 e. The number of hydrogen-bond donors (Lipinski definition) is 2. The summed E-state index contributed by atoms with van der Waals surface area (Å²) in [5, 5.41) is 14.6. The van der Waals surface area contributed by atoms with Gasteiger partial charge >= 0.3 is 0 Å². The molecule has 18 heavy (non-hydrogen) atoms. The van der Waals surface area contributed by atoms with E-state index in [1.54, 1.807) is 0 Å². The number of hydrogen-bond acceptors (Lipinski definition) is 4. The molecular weight excluding hydrogens is 310 g/mol. The van der Waals surface area contributed by atoms with Gasteiger partial charge in [-0.15, -0.1) is 0 Å². The maximum absolute atomic E-state index is 13.5. The van der Waals surface area contributed by atoms with Crippen LogP contribution in [-0.2, 0) is 4.74 Å². The molecule has 0 saturated carbocycles. The Morgan fingerprint density at radius 3 is 2.89 bits per heavy atom. The third kappa shape index (κ3) is 2.23. The zero-order valence-corrected chi connectivity index (χ0v) is 10.5. The van der Waals surface area contributed by atoms with Crippen LogP contribution in [-0.4, -0.2) is 27.9 Å². The summed E-state index contributed by atoms with van der Waals surface area (Å²) in [6, 6.07) is 1.24. The van der Waals surface area contributed by atoms with Crippen molar-refractivity contribution in [3.63, 3.8) is 0 Å². The highest BCUT2D eigenvalue weighted by Crippen LogP contribution is 2.18. The van der Waals surface area contributed by atoms with Crippen molar-refractivity contribution in [2.24, 2.45) is 0 Å². The van der Waals surface area contributed by atoms with E-state index >= 15 is 0 Å². The first-order valence-corrected chi connectivity index (χ1v) is 5.54. The summed E-state index contributed by atoms with van der Waals surface area (Å²) < 4.78 is 32.0. The van der Waals surface area contributed by atoms with Crippen LogP contribution in [0.3, 0.4) is 0 Å². The monoisotopic (exact) mass is 316 g/mol. The van der Waals surface area contributed by atoms with Crippen molar-refractivity contribution in [3.8, 4) is 0 Å². The molecule has 8 heteroatoms. The van der Waals surface area contributed by atoms with Crippen LogP contribution in [0.25, 0.3) is 5.65 Å². The molecule has 0 unspecified atom stereocenters. The predicted molar refractivity (Wildman–Crippen MR) is 64.5 cm³/mol. The van der Waals surface area contributed by atoms with Crippen LogP contribution in [0.4, 0.5) is 8.78 Å². The van der Waals surface area contributed by atoms with Gasteiger partial charge < -0.3 is 4.74 Å². The van der Waals surface area contributed by atoms with Gasteiger partial charge in [0.25, 0.3) is 0 Å². The third-order valence-corrected chi connectivity index (χ3v) is 2.54. The minimum atomic E-state index is -1.11. The molecule has 0 amide bonds. The van der Waals surface area contributed by atoms with Crippen LogP contribution < -0.4 is 0 Å². The van der Waals surface area contributed by atoms with Crippen molar-refractivity contribution in [1.29, 1.82) is 10.8 Å². The second-order valence-electron chi connectivity index (χ2n) is 3.33. The number of pyridine rings is 1. The fourth-order valence-corrected chi connectivity index (χ4v) is 1.79. The molecule has 2 aromatic heterocycles. The first-order chi connectivity index (χ1) is 8.52. The van der Waals surface area contributed by atoms with Crippen molar-refractivity contribution in [2.75, 3.05) is 6.67 Å². The van der Waals surface area contributed by atoms with E-state index in [9.17, 15) is 8.78 Å². The Labute approximate surface area is 109 Å². The lowest BCUT2D eigenvalue weighted by atomic mass is 10.4. The molecule has 2 heterocycles. The largest absolute Gasteiger partial charge is 0.421 e. The fraction of sp³-hybridized carbons (Fsp3) is 0.100. The third-order valence-electron chi connectivity index (χ3n) is 2.11. The molecule has 0 aliphatic carbocycles. The number of rotatable bonds is 2. The molecular formula is C10H7BrF2N4O. The zero-order chi connectivity index (χ0) is 13.3. The van der Waals surface area contributed by atoms with E-state index in [-0.39, 0.29) is 11.3 Å². The smallest absolute Gasteiger partial charge is 0.239 e. The minimum absolute atomic E-state index is 0.0216. The molecule has 2 rings (SSSR count). The Kier molecular flexibility index (Phi) is 3.37. The topological polar surface area (TPSA) is 74.2 Å². The number of imidazole rings is 1. The Bertz CT molecular complexity index is 640. The summed E-state index contributed by atoms with van der Waals surface area (Å²) in [5.41, 5.74) is 0.150. The maximum Gasteiger partial charge on any atom is 0.239 e. The molecule has 5 nitrogen and oxygen atoms in total. The maximum atomic E-state index is 13.5. The van der Waals surface area contributed by atoms with Gasteiger partial charge in [-0.05, 0) is 22.0 Å². The summed E-state index contributed by atoms with van der Waals surface area (Å²) in [6.07, 6.45) is 2.72. The second kappa shape index (κ2) is 4.81. The van der Waals surface area contributed by atoms with E-state index < -0.39 is 24.3 Å². The van der Waals surface area contributed by atoms with E-state index in [4.69, 9.17) is 10.8 Å². The fourth-order valence-electron chi connectivity index (χ4n) is 1.39. The number of fused-ring (bicyclic) bond motifs is 1. The van der Waals surface area contributed by atoms with Crippen LogP contribution in [0.15, 0.2) is 22.9 Å². The van der Waals surface area contributed by atoms with Crippen LogP contribution >= 0.6 is 15.9 Å². The summed E-state index contributed by atoms with van der Waals surface area (Å²) in [7, 11) is 0. The average molecular weight is 317 g/mol. The Morgan fingerprint density at radius 1 is 1.50 bits per heavy atom. The van der Waals surface area contributed by atoms with Gasteiger partial charge in [0.15, 0.2) is 18.1 Å². The number of nitrogens with one attached hydrogen (secondary N) is 2. The Balaban J connectivity index is 2.46. The molecule has 0 aliphatic rings. The van der Waals surface area contributed by atoms with Crippen molar-refractivity contribution < 1.29 is 13.5 Å². The number of nitrogens with zero attached hydrogens (tertiary/aromatic N) is 2. The van der Waals surface area contributed by atoms with Crippen molar-refractivity contribution in [1.82, 2.24) is 9.38 Å². The van der Waals surface area contributed by atoms with E-state index in [0.717, 1.165) is 0 Å². The Morgan fingerprint density at radius 2 is 2.22 bits per heavy atom. The lowest BCUT2D eigenvalue weighted by Gasteiger charge is -2.05. The molecule has 0 bridgehead atoms. The molecule has 2 N–H and O–H groups in total.